The third kappa shape index (κ3) is 3.74. The van der Waals surface area contributed by atoms with Gasteiger partial charge in [-0.15, -0.1) is 0 Å². The first-order valence-electron chi connectivity index (χ1n) is 7.64. The molecule has 0 spiro atoms. The molecule has 3 nitrogen and oxygen atoms in total. The van der Waals surface area contributed by atoms with Gasteiger partial charge in [0, 0.05) is 31.2 Å². The molecule has 1 aliphatic rings. The predicted molar refractivity (Wildman–Crippen MR) is 83.8 cm³/mol. The van der Waals surface area contributed by atoms with Gasteiger partial charge in [0.25, 0.3) is 0 Å². The number of piperidine rings is 1. The Labute approximate surface area is 123 Å². The molecule has 0 amide bonds. The summed E-state index contributed by atoms with van der Waals surface area (Å²) < 4.78 is 5.51. The molecule has 0 bridgehead atoms. The monoisotopic (exact) mass is 276 g/mol. The molecule has 1 heterocycles. The van der Waals surface area contributed by atoms with Gasteiger partial charge in [0.1, 0.15) is 5.75 Å². The van der Waals surface area contributed by atoms with E-state index in [9.17, 15) is 0 Å². The van der Waals surface area contributed by atoms with Crippen LogP contribution in [0.2, 0.25) is 0 Å². The van der Waals surface area contributed by atoms with Gasteiger partial charge in [-0.3, -0.25) is 4.90 Å². The average molecular weight is 276 g/mol. The van der Waals surface area contributed by atoms with Gasteiger partial charge >= 0.3 is 0 Å². The van der Waals surface area contributed by atoms with E-state index in [-0.39, 0.29) is 6.04 Å². The number of rotatable bonds is 4. The summed E-state index contributed by atoms with van der Waals surface area (Å²) in [6, 6.07) is 6.38. The number of nitrogens with two attached hydrogens (primary N) is 1. The normalized spacial score (nSPS) is 25.4. The van der Waals surface area contributed by atoms with Crippen molar-refractivity contribution in [3.8, 4) is 5.75 Å². The number of benzene rings is 1. The van der Waals surface area contributed by atoms with Crippen LogP contribution in [0.1, 0.15) is 44.4 Å². The van der Waals surface area contributed by atoms with Crippen LogP contribution in [0.15, 0.2) is 18.2 Å². The average Bonchev–Trinajstić information content (AvgIpc) is 2.37. The summed E-state index contributed by atoms with van der Waals surface area (Å²) in [6.45, 7) is 10.0. The molecular formula is C17H28N2O. The third-order valence-electron chi connectivity index (χ3n) is 4.17. The lowest BCUT2D eigenvalue weighted by Gasteiger charge is -2.35. The van der Waals surface area contributed by atoms with Crippen molar-refractivity contribution in [1.29, 1.82) is 0 Å². The summed E-state index contributed by atoms with van der Waals surface area (Å²) in [5.41, 5.74) is 8.43. The number of methoxy groups -OCH3 is 1. The Bertz CT molecular complexity index is 435. The lowest BCUT2D eigenvalue weighted by molar-refractivity contribution is 0.133. The summed E-state index contributed by atoms with van der Waals surface area (Å²) in [5.74, 6) is 2.53. The zero-order valence-electron chi connectivity index (χ0n) is 13.2. The molecule has 3 heteroatoms. The molecule has 0 saturated carbocycles. The first kappa shape index (κ1) is 15.3. The smallest absolute Gasteiger partial charge is 0.123 e. The second-order valence-electron chi connectivity index (χ2n) is 6.50. The van der Waals surface area contributed by atoms with Crippen LogP contribution in [0.25, 0.3) is 0 Å². The fourth-order valence-electron chi connectivity index (χ4n) is 3.37. The molecule has 1 fully saturated rings. The predicted octanol–water partition coefficient (Wildman–Crippen LogP) is 3.19. The van der Waals surface area contributed by atoms with Crippen molar-refractivity contribution in [2.24, 2.45) is 17.6 Å². The van der Waals surface area contributed by atoms with Gasteiger partial charge in [-0.05, 0) is 42.9 Å². The summed E-state index contributed by atoms with van der Waals surface area (Å²) in [6.07, 6.45) is 1.34. The number of hydrogen-bond acceptors (Lipinski definition) is 3. The molecule has 3 atom stereocenters. The zero-order chi connectivity index (χ0) is 14.7. The minimum Gasteiger partial charge on any atom is -0.496 e. The molecule has 1 aromatic carbocycles. The molecule has 0 aromatic heterocycles. The fourth-order valence-corrected chi connectivity index (χ4v) is 3.37. The van der Waals surface area contributed by atoms with Gasteiger partial charge in [-0.2, -0.15) is 0 Å². The standard InChI is InChI=1S/C17H28N2O/c1-12-7-13(2)10-19(9-12)11-16-8-15(14(3)18)5-6-17(16)20-4/h5-6,8,12-14H,7,9-11,18H2,1-4H3. The van der Waals surface area contributed by atoms with Gasteiger partial charge in [-0.1, -0.05) is 19.9 Å². The molecule has 3 unspecified atom stereocenters. The van der Waals surface area contributed by atoms with Crippen LogP contribution in [0.3, 0.4) is 0 Å². The lowest BCUT2D eigenvalue weighted by Crippen LogP contribution is -2.38. The molecule has 2 N–H and O–H groups in total. The SMILES string of the molecule is COc1ccc(C(C)N)cc1CN1CC(C)CC(C)C1. The molecular weight excluding hydrogens is 248 g/mol. The van der Waals surface area contributed by atoms with E-state index >= 15 is 0 Å². The van der Waals surface area contributed by atoms with Crippen molar-refractivity contribution in [2.75, 3.05) is 20.2 Å². The highest BCUT2D eigenvalue weighted by Crippen LogP contribution is 2.27. The highest BCUT2D eigenvalue weighted by atomic mass is 16.5. The third-order valence-corrected chi connectivity index (χ3v) is 4.17. The minimum absolute atomic E-state index is 0.0684. The Morgan fingerprint density at radius 3 is 2.50 bits per heavy atom. The van der Waals surface area contributed by atoms with Gasteiger partial charge < -0.3 is 10.5 Å². The van der Waals surface area contributed by atoms with Crippen LogP contribution in [-0.4, -0.2) is 25.1 Å². The maximum atomic E-state index is 6.00. The molecule has 1 aliphatic heterocycles. The van der Waals surface area contributed by atoms with E-state index in [2.05, 4.69) is 30.9 Å². The summed E-state index contributed by atoms with van der Waals surface area (Å²) in [7, 11) is 1.74. The van der Waals surface area contributed by atoms with Crippen LogP contribution < -0.4 is 10.5 Å². The van der Waals surface area contributed by atoms with Crippen molar-refractivity contribution in [2.45, 2.75) is 39.8 Å². The van der Waals surface area contributed by atoms with Crippen molar-refractivity contribution in [1.82, 2.24) is 4.90 Å². The minimum atomic E-state index is 0.0684. The Morgan fingerprint density at radius 2 is 1.95 bits per heavy atom. The highest BCUT2D eigenvalue weighted by Gasteiger charge is 2.22. The molecule has 0 aliphatic carbocycles. The van der Waals surface area contributed by atoms with Gasteiger partial charge in [0.05, 0.1) is 7.11 Å². The molecule has 0 radical (unpaired) electrons. The van der Waals surface area contributed by atoms with E-state index in [0.29, 0.717) is 0 Å². The second-order valence-corrected chi connectivity index (χ2v) is 6.50. The van der Waals surface area contributed by atoms with Crippen molar-refractivity contribution in [3.63, 3.8) is 0 Å². The Balaban J connectivity index is 2.16. The maximum absolute atomic E-state index is 6.00. The molecule has 112 valence electrons. The topological polar surface area (TPSA) is 38.5 Å². The second kappa shape index (κ2) is 6.59. The number of likely N-dealkylation sites (tertiary alicyclic amines) is 1. The van der Waals surface area contributed by atoms with Crippen LogP contribution in [0.5, 0.6) is 5.75 Å². The zero-order valence-corrected chi connectivity index (χ0v) is 13.2. The van der Waals surface area contributed by atoms with Crippen LogP contribution >= 0.6 is 0 Å². The van der Waals surface area contributed by atoms with Gasteiger partial charge in [0.2, 0.25) is 0 Å². The number of hydrogen-bond donors (Lipinski definition) is 1. The Kier molecular flexibility index (Phi) is 5.06. The van der Waals surface area contributed by atoms with Gasteiger partial charge in [0.15, 0.2) is 0 Å². The van der Waals surface area contributed by atoms with Crippen molar-refractivity contribution >= 4 is 0 Å². The summed E-state index contributed by atoms with van der Waals surface area (Å²) >= 11 is 0. The van der Waals surface area contributed by atoms with Crippen molar-refractivity contribution < 1.29 is 4.74 Å². The van der Waals surface area contributed by atoms with E-state index in [0.717, 1.165) is 24.1 Å². The molecule has 1 saturated heterocycles. The quantitative estimate of drug-likeness (QED) is 0.918. The first-order chi connectivity index (χ1) is 9.49. The largest absolute Gasteiger partial charge is 0.496 e. The lowest BCUT2D eigenvalue weighted by atomic mass is 9.91. The van der Waals surface area contributed by atoms with E-state index < -0.39 is 0 Å². The summed E-state index contributed by atoms with van der Waals surface area (Å²) in [4.78, 5) is 2.54. The highest BCUT2D eigenvalue weighted by molar-refractivity contribution is 5.38. The van der Waals surface area contributed by atoms with Crippen LogP contribution in [-0.2, 0) is 6.54 Å². The number of nitrogens with zero attached hydrogens (tertiary/aromatic N) is 1. The fraction of sp³-hybridized carbons (Fsp3) is 0.647. The molecule has 1 aromatic rings. The van der Waals surface area contributed by atoms with Crippen LogP contribution in [0.4, 0.5) is 0 Å². The van der Waals surface area contributed by atoms with E-state index in [4.69, 9.17) is 10.5 Å². The number of ether oxygens (including phenoxy) is 1. The van der Waals surface area contributed by atoms with E-state index in [1.807, 2.05) is 13.0 Å². The molecule has 2 rings (SSSR count). The first-order valence-corrected chi connectivity index (χ1v) is 7.64. The van der Waals surface area contributed by atoms with Crippen LogP contribution in [0, 0.1) is 11.8 Å². The Hall–Kier alpha value is -1.06. The van der Waals surface area contributed by atoms with Gasteiger partial charge in [-0.25, -0.2) is 0 Å². The summed E-state index contributed by atoms with van der Waals surface area (Å²) in [5, 5.41) is 0. The van der Waals surface area contributed by atoms with Crippen molar-refractivity contribution in [3.05, 3.63) is 29.3 Å². The maximum Gasteiger partial charge on any atom is 0.123 e. The van der Waals surface area contributed by atoms with E-state index in [1.54, 1.807) is 7.11 Å². The Morgan fingerprint density at radius 1 is 1.30 bits per heavy atom. The molecule has 20 heavy (non-hydrogen) atoms. The van der Waals surface area contributed by atoms with E-state index in [1.165, 1.54) is 30.6 Å².